The molecule has 0 amide bonds. The van der Waals surface area contributed by atoms with Gasteiger partial charge in [0, 0.05) is 11.0 Å². The third kappa shape index (κ3) is 3.84. The smallest absolute Gasteiger partial charge is 0.0670 e. The van der Waals surface area contributed by atoms with E-state index < -0.39 is 0 Å². The van der Waals surface area contributed by atoms with E-state index >= 15 is 0 Å². The van der Waals surface area contributed by atoms with Crippen LogP contribution in [0.5, 0.6) is 0 Å². The first-order chi connectivity index (χ1) is 7.84. The predicted molar refractivity (Wildman–Crippen MR) is 70.9 cm³/mol. The first-order valence-electron chi connectivity index (χ1n) is 6.18. The summed E-state index contributed by atoms with van der Waals surface area (Å²) in [5.41, 5.74) is 1.24. The van der Waals surface area contributed by atoms with E-state index in [1.54, 1.807) is 0 Å². The SMILES string of the molecule is OC(CSC1CCCC1)Cc1ccccc1. The molecule has 16 heavy (non-hydrogen) atoms. The Hall–Kier alpha value is -0.470. The average Bonchev–Trinajstić information content (AvgIpc) is 2.81. The lowest BCUT2D eigenvalue weighted by Crippen LogP contribution is -2.15. The minimum Gasteiger partial charge on any atom is -0.392 e. The van der Waals surface area contributed by atoms with Crippen molar-refractivity contribution in [1.29, 1.82) is 0 Å². The van der Waals surface area contributed by atoms with Crippen molar-refractivity contribution >= 4 is 11.8 Å². The maximum absolute atomic E-state index is 9.94. The molecule has 88 valence electrons. The molecule has 1 atom stereocenters. The topological polar surface area (TPSA) is 20.2 Å². The third-order valence-electron chi connectivity index (χ3n) is 3.14. The van der Waals surface area contributed by atoms with Crippen LogP contribution in [0.1, 0.15) is 31.2 Å². The zero-order valence-electron chi connectivity index (χ0n) is 9.64. The van der Waals surface area contributed by atoms with E-state index in [0.29, 0.717) is 0 Å². The second kappa shape index (κ2) is 6.31. The van der Waals surface area contributed by atoms with Gasteiger partial charge in [-0.05, 0) is 24.8 Å². The molecule has 1 saturated carbocycles. The molecule has 1 aromatic rings. The molecule has 1 fully saturated rings. The Morgan fingerprint density at radius 3 is 2.56 bits per heavy atom. The molecule has 1 aromatic carbocycles. The first-order valence-corrected chi connectivity index (χ1v) is 7.23. The molecule has 0 spiro atoms. The molecule has 1 aliphatic carbocycles. The molecule has 1 aliphatic rings. The highest BCUT2D eigenvalue weighted by Gasteiger charge is 2.16. The number of rotatable bonds is 5. The van der Waals surface area contributed by atoms with E-state index in [4.69, 9.17) is 0 Å². The van der Waals surface area contributed by atoms with E-state index in [0.717, 1.165) is 17.4 Å². The third-order valence-corrected chi connectivity index (χ3v) is 4.66. The van der Waals surface area contributed by atoms with Crippen molar-refractivity contribution in [1.82, 2.24) is 0 Å². The van der Waals surface area contributed by atoms with Gasteiger partial charge < -0.3 is 5.11 Å². The Bertz CT molecular complexity index is 293. The average molecular weight is 236 g/mol. The fraction of sp³-hybridized carbons (Fsp3) is 0.571. The Kier molecular flexibility index (Phi) is 4.73. The molecular weight excluding hydrogens is 216 g/mol. The van der Waals surface area contributed by atoms with Gasteiger partial charge in [-0.3, -0.25) is 0 Å². The Morgan fingerprint density at radius 2 is 1.88 bits per heavy atom. The van der Waals surface area contributed by atoms with E-state index in [-0.39, 0.29) is 6.10 Å². The van der Waals surface area contributed by atoms with Crippen LogP contribution in [-0.4, -0.2) is 22.2 Å². The zero-order valence-corrected chi connectivity index (χ0v) is 10.5. The van der Waals surface area contributed by atoms with Crippen molar-refractivity contribution in [3.63, 3.8) is 0 Å². The van der Waals surface area contributed by atoms with E-state index in [1.807, 2.05) is 30.0 Å². The van der Waals surface area contributed by atoms with Crippen LogP contribution in [0.4, 0.5) is 0 Å². The molecule has 0 heterocycles. The van der Waals surface area contributed by atoms with Crippen molar-refractivity contribution in [2.45, 2.75) is 43.5 Å². The molecule has 1 nitrogen and oxygen atoms in total. The van der Waals surface area contributed by atoms with Gasteiger partial charge in [-0.2, -0.15) is 11.8 Å². The molecule has 0 aromatic heterocycles. The highest BCUT2D eigenvalue weighted by Crippen LogP contribution is 2.29. The summed E-state index contributed by atoms with van der Waals surface area (Å²) in [5.74, 6) is 0.888. The number of aliphatic hydroxyl groups excluding tert-OH is 1. The monoisotopic (exact) mass is 236 g/mol. The van der Waals surface area contributed by atoms with Gasteiger partial charge >= 0.3 is 0 Å². The van der Waals surface area contributed by atoms with Crippen LogP contribution >= 0.6 is 11.8 Å². The molecule has 0 saturated heterocycles. The number of thioether (sulfide) groups is 1. The zero-order chi connectivity index (χ0) is 11.2. The van der Waals surface area contributed by atoms with Crippen molar-refractivity contribution in [3.8, 4) is 0 Å². The largest absolute Gasteiger partial charge is 0.392 e. The summed E-state index contributed by atoms with van der Waals surface area (Å²) in [6.07, 6.45) is 6.07. The van der Waals surface area contributed by atoms with Gasteiger partial charge in [-0.25, -0.2) is 0 Å². The molecule has 0 bridgehead atoms. The Balaban J connectivity index is 1.69. The summed E-state index contributed by atoms with van der Waals surface area (Å²) in [6.45, 7) is 0. The van der Waals surface area contributed by atoms with Gasteiger partial charge in [-0.15, -0.1) is 0 Å². The van der Waals surface area contributed by atoms with Gasteiger partial charge in [0.1, 0.15) is 0 Å². The van der Waals surface area contributed by atoms with Gasteiger partial charge in [0.25, 0.3) is 0 Å². The standard InChI is InChI=1S/C14H20OS/c15-13(10-12-6-2-1-3-7-12)11-16-14-8-4-5-9-14/h1-3,6-7,13-15H,4-5,8-11H2. The fourth-order valence-corrected chi connectivity index (χ4v) is 3.53. The lowest BCUT2D eigenvalue weighted by Gasteiger charge is -2.13. The lowest BCUT2D eigenvalue weighted by molar-refractivity contribution is 0.200. The van der Waals surface area contributed by atoms with Crippen LogP contribution in [0.15, 0.2) is 30.3 Å². The molecule has 2 heteroatoms. The molecule has 0 radical (unpaired) electrons. The Labute approximate surface area is 102 Å². The highest BCUT2D eigenvalue weighted by molar-refractivity contribution is 7.99. The van der Waals surface area contributed by atoms with E-state index in [2.05, 4.69) is 12.1 Å². The van der Waals surface area contributed by atoms with E-state index in [9.17, 15) is 5.11 Å². The molecule has 1 unspecified atom stereocenters. The quantitative estimate of drug-likeness (QED) is 0.846. The summed E-state index contributed by atoms with van der Waals surface area (Å²) in [4.78, 5) is 0. The van der Waals surface area contributed by atoms with Crippen molar-refractivity contribution in [3.05, 3.63) is 35.9 Å². The molecule has 2 rings (SSSR count). The molecule has 1 N–H and O–H groups in total. The highest BCUT2D eigenvalue weighted by atomic mass is 32.2. The van der Waals surface area contributed by atoms with Gasteiger partial charge in [0.05, 0.1) is 6.10 Å². The summed E-state index contributed by atoms with van der Waals surface area (Å²) in [7, 11) is 0. The van der Waals surface area contributed by atoms with Gasteiger partial charge in [-0.1, -0.05) is 43.2 Å². The van der Waals surface area contributed by atoms with E-state index in [1.165, 1.54) is 31.2 Å². The second-order valence-corrected chi connectivity index (χ2v) is 5.92. The summed E-state index contributed by atoms with van der Waals surface area (Å²) < 4.78 is 0. The number of aliphatic hydroxyl groups is 1. The number of hydrogen-bond donors (Lipinski definition) is 1. The fourth-order valence-electron chi connectivity index (χ4n) is 2.25. The number of hydrogen-bond acceptors (Lipinski definition) is 2. The summed E-state index contributed by atoms with van der Waals surface area (Å²) in [6, 6.07) is 10.3. The van der Waals surface area contributed by atoms with Crippen LogP contribution < -0.4 is 0 Å². The van der Waals surface area contributed by atoms with Crippen molar-refractivity contribution < 1.29 is 5.11 Å². The van der Waals surface area contributed by atoms with Crippen LogP contribution in [-0.2, 0) is 6.42 Å². The predicted octanol–water partition coefficient (Wildman–Crippen LogP) is 3.27. The minimum atomic E-state index is -0.187. The van der Waals surface area contributed by atoms with Crippen LogP contribution in [0.3, 0.4) is 0 Å². The maximum atomic E-state index is 9.94. The molecular formula is C14H20OS. The van der Waals surface area contributed by atoms with Gasteiger partial charge in [0.15, 0.2) is 0 Å². The summed E-state index contributed by atoms with van der Waals surface area (Å²) in [5, 5.41) is 10.8. The molecule has 0 aliphatic heterocycles. The first kappa shape index (κ1) is 12.0. The van der Waals surface area contributed by atoms with Crippen LogP contribution in [0, 0.1) is 0 Å². The van der Waals surface area contributed by atoms with Crippen LogP contribution in [0.25, 0.3) is 0 Å². The van der Waals surface area contributed by atoms with Gasteiger partial charge in [0.2, 0.25) is 0 Å². The normalized spacial score (nSPS) is 18.8. The lowest BCUT2D eigenvalue weighted by atomic mass is 10.1. The minimum absolute atomic E-state index is 0.187. The summed E-state index contributed by atoms with van der Waals surface area (Å²) >= 11 is 1.96. The maximum Gasteiger partial charge on any atom is 0.0670 e. The van der Waals surface area contributed by atoms with Crippen LogP contribution in [0.2, 0.25) is 0 Å². The van der Waals surface area contributed by atoms with Crippen molar-refractivity contribution in [2.75, 3.05) is 5.75 Å². The number of benzene rings is 1. The van der Waals surface area contributed by atoms with Crippen molar-refractivity contribution in [2.24, 2.45) is 0 Å². The second-order valence-electron chi connectivity index (χ2n) is 4.58. The Morgan fingerprint density at radius 1 is 1.19 bits per heavy atom.